The Hall–Kier alpha value is -1.55. The van der Waals surface area contributed by atoms with Gasteiger partial charge < -0.3 is 5.11 Å². The predicted molar refractivity (Wildman–Crippen MR) is 50.8 cm³/mol. The van der Waals surface area contributed by atoms with Gasteiger partial charge in [-0.3, -0.25) is 0 Å². The van der Waals surface area contributed by atoms with Crippen LogP contribution in [0.5, 0.6) is 0 Å². The first-order valence-corrected chi connectivity index (χ1v) is 4.61. The zero-order valence-corrected chi connectivity index (χ0v) is 9.06. The van der Waals surface area contributed by atoms with E-state index in [4.69, 9.17) is 10.4 Å². The van der Waals surface area contributed by atoms with Crippen molar-refractivity contribution in [3.8, 4) is 6.07 Å². The summed E-state index contributed by atoms with van der Waals surface area (Å²) in [5.41, 5.74) is -2.83. The lowest BCUT2D eigenvalue weighted by Gasteiger charge is -2.11. The third-order valence-corrected chi connectivity index (χ3v) is 2.45. The molecule has 0 fully saturated rings. The van der Waals surface area contributed by atoms with Crippen LogP contribution in [0, 0.1) is 11.3 Å². The molecule has 3 nitrogen and oxygen atoms in total. The molecular weight excluding hydrogens is 291 g/mol. The minimum absolute atomic E-state index is 0.0652. The van der Waals surface area contributed by atoms with Crippen LogP contribution in [0.2, 0.25) is 0 Å². The van der Waals surface area contributed by atoms with E-state index in [1.54, 1.807) is 0 Å². The summed E-state index contributed by atoms with van der Waals surface area (Å²) in [6, 6.07) is 2.88. The monoisotopic (exact) mass is 293 g/mol. The van der Waals surface area contributed by atoms with E-state index in [0.29, 0.717) is 6.07 Å². The average Bonchev–Trinajstić information content (AvgIpc) is 2.14. The molecule has 1 rings (SSSR count). The van der Waals surface area contributed by atoms with E-state index in [1.165, 1.54) is 6.07 Å². The fourth-order valence-corrected chi connectivity index (χ4v) is 1.64. The van der Waals surface area contributed by atoms with Gasteiger partial charge in [0.2, 0.25) is 0 Å². The zero-order chi connectivity index (χ0) is 12.5. The highest BCUT2D eigenvalue weighted by Gasteiger charge is 2.36. The maximum atomic E-state index is 12.5. The topological polar surface area (TPSA) is 61.1 Å². The van der Waals surface area contributed by atoms with Crippen molar-refractivity contribution in [2.45, 2.75) is 6.18 Å². The van der Waals surface area contributed by atoms with Gasteiger partial charge in [-0.25, -0.2) is 4.79 Å². The number of carboxylic acid groups (broad SMARTS) is 1. The Balaban J connectivity index is 3.64. The number of halogens is 4. The van der Waals surface area contributed by atoms with Crippen molar-refractivity contribution in [3.63, 3.8) is 0 Å². The van der Waals surface area contributed by atoms with Crippen LogP contribution in [-0.2, 0) is 6.18 Å². The second kappa shape index (κ2) is 4.14. The molecule has 0 saturated carbocycles. The fourth-order valence-electron chi connectivity index (χ4n) is 1.14. The van der Waals surface area contributed by atoms with Crippen LogP contribution < -0.4 is 0 Å². The van der Waals surface area contributed by atoms with Crippen LogP contribution in [0.25, 0.3) is 0 Å². The maximum Gasteiger partial charge on any atom is 0.417 e. The molecule has 7 heteroatoms. The van der Waals surface area contributed by atoms with Gasteiger partial charge in [0.1, 0.15) is 6.07 Å². The highest BCUT2D eigenvalue weighted by molar-refractivity contribution is 9.10. The van der Waals surface area contributed by atoms with Crippen LogP contribution in [0.4, 0.5) is 13.2 Å². The fraction of sp³-hybridized carbons (Fsp3) is 0.111. The van der Waals surface area contributed by atoms with E-state index in [9.17, 15) is 18.0 Å². The second-order valence-electron chi connectivity index (χ2n) is 2.76. The van der Waals surface area contributed by atoms with Crippen LogP contribution in [0.15, 0.2) is 16.6 Å². The van der Waals surface area contributed by atoms with Crippen molar-refractivity contribution in [2.75, 3.05) is 0 Å². The largest absolute Gasteiger partial charge is 0.478 e. The number of nitrogens with zero attached hydrogens (tertiary/aromatic N) is 1. The quantitative estimate of drug-likeness (QED) is 0.866. The number of nitriles is 1. The summed E-state index contributed by atoms with van der Waals surface area (Å²) >= 11 is 2.79. The van der Waals surface area contributed by atoms with Crippen molar-refractivity contribution in [1.29, 1.82) is 5.26 Å². The Labute approximate surface area is 96.2 Å². The Morgan fingerprint density at radius 2 is 2.00 bits per heavy atom. The third-order valence-electron chi connectivity index (χ3n) is 1.79. The van der Waals surface area contributed by atoms with E-state index < -0.39 is 28.8 Å². The van der Waals surface area contributed by atoms with Gasteiger partial charge in [-0.2, -0.15) is 18.4 Å². The normalized spacial score (nSPS) is 10.9. The van der Waals surface area contributed by atoms with E-state index in [0.717, 1.165) is 6.07 Å². The van der Waals surface area contributed by atoms with Crippen molar-refractivity contribution in [3.05, 3.63) is 33.3 Å². The molecule has 0 bridgehead atoms. The van der Waals surface area contributed by atoms with E-state index in [-0.39, 0.29) is 4.47 Å². The lowest BCUT2D eigenvalue weighted by atomic mass is 10.0. The number of rotatable bonds is 1. The molecule has 0 spiro atoms. The van der Waals surface area contributed by atoms with Gasteiger partial charge in [-0.15, -0.1) is 0 Å². The maximum absolute atomic E-state index is 12.5. The molecule has 1 N–H and O–H groups in total. The van der Waals surface area contributed by atoms with Crippen LogP contribution in [0.3, 0.4) is 0 Å². The summed E-state index contributed by atoms with van der Waals surface area (Å²) in [7, 11) is 0. The molecular formula is C9H3BrF3NO2. The first kappa shape index (κ1) is 12.5. The standard InChI is InChI=1S/C9H3BrF3NO2/c10-6-2-1-5(9(11,12)13)4(3-14)7(6)8(15)16/h1-2H,(H,15,16). The lowest BCUT2D eigenvalue weighted by Crippen LogP contribution is -2.12. The molecule has 1 aromatic carbocycles. The summed E-state index contributed by atoms with van der Waals surface area (Å²) in [5, 5.41) is 17.3. The summed E-state index contributed by atoms with van der Waals surface area (Å²) in [6.45, 7) is 0. The molecule has 0 aliphatic heterocycles. The molecule has 0 atom stereocenters. The first-order valence-electron chi connectivity index (χ1n) is 3.82. The number of alkyl halides is 3. The number of aromatic carboxylic acids is 1. The number of hydrogen-bond acceptors (Lipinski definition) is 2. The van der Waals surface area contributed by atoms with Gasteiger partial charge in [-0.05, 0) is 28.1 Å². The van der Waals surface area contributed by atoms with Gasteiger partial charge in [0, 0.05) is 4.47 Å². The SMILES string of the molecule is N#Cc1c(C(F)(F)F)ccc(Br)c1C(=O)O. The Bertz CT molecular complexity index is 491. The average molecular weight is 294 g/mol. The summed E-state index contributed by atoms with van der Waals surface area (Å²) in [4.78, 5) is 10.7. The molecule has 0 aliphatic carbocycles. The highest BCUT2D eigenvalue weighted by Crippen LogP contribution is 2.35. The minimum atomic E-state index is -4.75. The number of benzene rings is 1. The van der Waals surface area contributed by atoms with E-state index in [1.807, 2.05) is 0 Å². The summed E-state index contributed by atoms with van der Waals surface area (Å²) < 4.78 is 37.3. The molecule has 84 valence electrons. The Kier molecular flexibility index (Phi) is 3.24. The zero-order valence-electron chi connectivity index (χ0n) is 7.47. The van der Waals surface area contributed by atoms with Crippen molar-refractivity contribution < 1.29 is 23.1 Å². The van der Waals surface area contributed by atoms with Gasteiger partial charge >= 0.3 is 12.1 Å². The van der Waals surface area contributed by atoms with Crippen LogP contribution in [0.1, 0.15) is 21.5 Å². The molecule has 0 radical (unpaired) electrons. The van der Waals surface area contributed by atoms with Gasteiger partial charge in [0.25, 0.3) is 0 Å². The minimum Gasteiger partial charge on any atom is -0.478 e. The summed E-state index contributed by atoms with van der Waals surface area (Å²) in [6.07, 6.45) is -4.75. The number of carbonyl (C=O) groups is 1. The van der Waals surface area contributed by atoms with Crippen molar-refractivity contribution >= 4 is 21.9 Å². The molecule has 0 unspecified atom stereocenters. The van der Waals surface area contributed by atoms with Gasteiger partial charge in [0.15, 0.2) is 0 Å². The number of carboxylic acids is 1. The van der Waals surface area contributed by atoms with E-state index >= 15 is 0 Å². The Morgan fingerprint density at radius 1 is 1.44 bits per heavy atom. The van der Waals surface area contributed by atoms with Crippen molar-refractivity contribution in [1.82, 2.24) is 0 Å². The van der Waals surface area contributed by atoms with Gasteiger partial charge in [0.05, 0.1) is 16.7 Å². The predicted octanol–water partition coefficient (Wildman–Crippen LogP) is 3.04. The smallest absolute Gasteiger partial charge is 0.417 e. The van der Waals surface area contributed by atoms with Gasteiger partial charge in [-0.1, -0.05) is 0 Å². The highest BCUT2D eigenvalue weighted by atomic mass is 79.9. The van der Waals surface area contributed by atoms with Crippen molar-refractivity contribution in [2.24, 2.45) is 0 Å². The Morgan fingerprint density at radius 3 is 2.38 bits per heavy atom. The molecule has 0 saturated heterocycles. The lowest BCUT2D eigenvalue weighted by molar-refractivity contribution is -0.137. The van der Waals surface area contributed by atoms with Crippen LogP contribution >= 0.6 is 15.9 Å². The molecule has 0 heterocycles. The molecule has 1 aromatic rings. The second-order valence-corrected chi connectivity index (χ2v) is 3.61. The molecule has 0 aromatic heterocycles. The van der Waals surface area contributed by atoms with Crippen LogP contribution in [-0.4, -0.2) is 11.1 Å². The van der Waals surface area contributed by atoms with E-state index in [2.05, 4.69) is 15.9 Å². The molecule has 0 amide bonds. The summed E-state index contributed by atoms with van der Waals surface area (Å²) in [5.74, 6) is -1.59. The molecule has 16 heavy (non-hydrogen) atoms. The first-order chi connectivity index (χ1) is 7.29. The molecule has 0 aliphatic rings. The third kappa shape index (κ3) is 2.17. The number of hydrogen-bond donors (Lipinski definition) is 1.